The topological polar surface area (TPSA) is 48.0 Å². The van der Waals surface area contributed by atoms with E-state index >= 15 is 0 Å². The van der Waals surface area contributed by atoms with E-state index in [9.17, 15) is 4.79 Å². The van der Waals surface area contributed by atoms with E-state index in [0.29, 0.717) is 19.8 Å². The number of amides is 1. The highest BCUT2D eigenvalue weighted by molar-refractivity contribution is 6.74. The first-order valence-electron chi connectivity index (χ1n) is 9.09. The summed E-state index contributed by atoms with van der Waals surface area (Å²) in [4.78, 5) is 14.4. The average Bonchev–Trinajstić information content (AvgIpc) is 2.42. The summed E-state index contributed by atoms with van der Waals surface area (Å²) in [5.41, 5.74) is 0.712. The maximum atomic E-state index is 12.6. The number of carbonyl (C=O) groups is 1. The Morgan fingerprint density at radius 1 is 1.24 bits per heavy atom. The fraction of sp³-hybridized carbons (Fsp3) is 0.842. The molecule has 1 aliphatic rings. The molecule has 0 aromatic carbocycles. The number of hydrogen-bond acceptors (Lipinski definition) is 4. The summed E-state index contributed by atoms with van der Waals surface area (Å²) in [6.45, 7) is 18.5. The van der Waals surface area contributed by atoms with Gasteiger partial charge >= 0.3 is 6.09 Å². The van der Waals surface area contributed by atoms with E-state index in [2.05, 4.69) is 39.9 Å². The zero-order valence-corrected chi connectivity index (χ0v) is 18.6. The van der Waals surface area contributed by atoms with Gasteiger partial charge in [-0.1, -0.05) is 26.8 Å². The minimum absolute atomic E-state index is 0.108. The van der Waals surface area contributed by atoms with Crippen molar-refractivity contribution in [1.82, 2.24) is 4.90 Å². The summed E-state index contributed by atoms with van der Waals surface area (Å²) < 4.78 is 17.2. The molecule has 1 heterocycles. The molecule has 0 saturated heterocycles. The van der Waals surface area contributed by atoms with Gasteiger partial charge in [0.25, 0.3) is 0 Å². The van der Waals surface area contributed by atoms with Crippen LogP contribution in [0.5, 0.6) is 0 Å². The van der Waals surface area contributed by atoms with Crippen LogP contribution in [0.4, 0.5) is 4.79 Å². The van der Waals surface area contributed by atoms with Crippen molar-refractivity contribution in [2.24, 2.45) is 0 Å². The summed E-state index contributed by atoms with van der Waals surface area (Å²) in [5.74, 6) is 0. The summed E-state index contributed by atoms with van der Waals surface area (Å²) in [6, 6.07) is -0.108. The third-order valence-electron chi connectivity index (χ3n) is 4.88. The van der Waals surface area contributed by atoms with Crippen LogP contribution in [0, 0.1) is 0 Å². The van der Waals surface area contributed by atoms with Crippen molar-refractivity contribution in [2.75, 3.05) is 26.9 Å². The zero-order valence-electron chi connectivity index (χ0n) is 17.6. The quantitative estimate of drug-likeness (QED) is 0.524. The molecule has 1 aliphatic heterocycles. The van der Waals surface area contributed by atoms with Gasteiger partial charge in [0.1, 0.15) is 5.60 Å². The highest BCUT2D eigenvalue weighted by Gasteiger charge is 2.39. The highest BCUT2D eigenvalue weighted by Crippen LogP contribution is 2.37. The van der Waals surface area contributed by atoms with Crippen molar-refractivity contribution in [3.63, 3.8) is 0 Å². The summed E-state index contributed by atoms with van der Waals surface area (Å²) in [5, 5.41) is 0.136. The molecule has 0 radical (unpaired) electrons. The van der Waals surface area contributed by atoms with E-state index in [0.717, 1.165) is 6.42 Å². The van der Waals surface area contributed by atoms with Crippen LogP contribution in [-0.4, -0.2) is 57.8 Å². The van der Waals surface area contributed by atoms with Gasteiger partial charge in [0.15, 0.2) is 8.32 Å². The number of ether oxygens (including phenoxy) is 2. The molecule has 1 atom stereocenters. The highest BCUT2D eigenvalue weighted by atomic mass is 28.4. The molecule has 25 heavy (non-hydrogen) atoms. The second-order valence-corrected chi connectivity index (χ2v) is 14.1. The van der Waals surface area contributed by atoms with Gasteiger partial charge in [-0.15, -0.1) is 0 Å². The maximum Gasteiger partial charge on any atom is 0.410 e. The lowest BCUT2D eigenvalue weighted by atomic mass is 10.0. The van der Waals surface area contributed by atoms with Gasteiger partial charge in [0.05, 0.1) is 19.3 Å². The minimum atomic E-state index is -1.88. The number of methoxy groups -OCH3 is 1. The summed E-state index contributed by atoms with van der Waals surface area (Å²) >= 11 is 0. The first-order chi connectivity index (χ1) is 11.3. The molecule has 0 aromatic heterocycles. The molecule has 0 aliphatic carbocycles. The van der Waals surface area contributed by atoms with Crippen molar-refractivity contribution >= 4 is 14.4 Å². The third-order valence-corrected chi connectivity index (χ3v) is 9.38. The lowest BCUT2D eigenvalue weighted by Gasteiger charge is -2.40. The molecule has 6 heteroatoms. The monoisotopic (exact) mass is 371 g/mol. The molecule has 1 rings (SSSR count). The van der Waals surface area contributed by atoms with Gasteiger partial charge in [-0.3, -0.25) is 4.90 Å². The zero-order chi connectivity index (χ0) is 19.5. The Bertz CT molecular complexity index is 489. The van der Waals surface area contributed by atoms with E-state index in [1.165, 1.54) is 5.57 Å². The Morgan fingerprint density at radius 2 is 1.84 bits per heavy atom. The van der Waals surface area contributed by atoms with Crippen LogP contribution in [0.1, 0.15) is 48.0 Å². The van der Waals surface area contributed by atoms with Crippen LogP contribution >= 0.6 is 0 Å². The van der Waals surface area contributed by atoms with Crippen molar-refractivity contribution in [3.05, 3.63) is 11.6 Å². The molecule has 5 nitrogen and oxygen atoms in total. The van der Waals surface area contributed by atoms with E-state index < -0.39 is 13.9 Å². The number of nitrogens with zero attached hydrogens (tertiary/aromatic N) is 1. The predicted octanol–water partition coefficient (Wildman–Crippen LogP) is 4.59. The van der Waals surface area contributed by atoms with E-state index in [4.69, 9.17) is 13.9 Å². The molecule has 0 saturated carbocycles. The molecule has 0 N–H and O–H groups in total. The lowest BCUT2D eigenvalue weighted by molar-refractivity contribution is 0.0136. The Kier molecular flexibility index (Phi) is 7.30. The Hall–Kier alpha value is -0.853. The van der Waals surface area contributed by atoms with Gasteiger partial charge in [-0.2, -0.15) is 0 Å². The van der Waals surface area contributed by atoms with Crippen LogP contribution in [0.15, 0.2) is 11.6 Å². The fourth-order valence-corrected chi connectivity index (χ4v) is 3.40. The number of carbonyl (C=O) groups excluding carboxylic acids is 1. The molecule has 0 aromatic rings. The molecule has 0 fully saturated rings. The number of rotatable bonds is 5. The predicted molar refractivity (Wildman–Crippen MR) is 104 cm³/mol. The van der Waals surface area contributed by atoms with E-state index in [1.54, 1.807) is 12.0 Å². The molecular formula is C19H37NO4Si. The number of hydrogen-bond donors (Lipinski definition) is 0. The summed E-state index contributed by atoms with van der Waals surface area (Å²) in [7, 11) is -0.183. The molecule has 1 unspecified atom stereocenters. The smallest absolute Gasteiger partial charge is 0.410 e. The maximum absolute atomic E-state index is 12.6. The largest absolute Gasteiger partial charge is 0.444 e. The lowest BCUT2D eigenvalue weighted by Crippen LogP contribution is -2.50. The van der Waals surface area contributed by atoms with E-state index in [-0.39, 0.29) is 17.2 Å². The van der Waals surface area contributed by atoms with Gasteiger partial charge in [-0.05, 0) is 50.9 Å². The van der Waals surface area contributed by atoms with Crippen molar-refractivity contribution in [2.45, 2.75) is 77.7 Å². The van der Waals surface area contributed by atoms with Gasteiger partial charge < -0.3 is 13.9 Å². The Labute approximate surface area is 154 Å². The molecule has 1 amide bonds. The average molecular weight is 372 g/mol. The standard InChI is InChI=1S/C19H37NO4Si/c1-18(2,3)24-17(21)20-11-10-15(13-22-7)12-16(20)14-23-25(8,9)19(4,5)6/h12,16H,10-11,13-14H2,1-9H3. The van der Waals surface area contributed by atoms with E-state index in [1.807, 2.05) is 20.8 Å². The van der Waals surface area contributed by atoms with Crippen molar-refractivity contribution < 1.29 is 18.7 Å². The molecule has 0 spiro atoms. The Morgan fingerprint density at radius 3 is 2.32 bits per heavy atom. The SMILES string of the molecule is COCC1=CC(CO[Si](C)(C)C(C)(C)C)N(C(=O)OC(C)(C)C)CC1. The van der Waals surface area contributed by atoms with Crippen molar-refractivity contribution in [3.8, 4) is 0 Å². The summed E-state index contributed by atoms with van der Waals surface area (Å²) in [6.07, 6.45) is 2.65. The first kappa shape index (κ1) is 22.2. The Balaban J connectivity index is 2.92. The van der Waals surface area contributed by atoms with Crippen LogP contribution in [0.3, 0.4) is 0 Å². The fourth-order valence-electron chi connectivity index (χ4n) is 2.38. The minimum Gasteiger partial charge on any atom is -0.444 e. The third kappa shape index (κ3) is 6.75. The van der Waals surface area contributed by atoms with Gasteiger partial charge in [-0.25, -0.2) is 4.79 Å². The van der Waals surface area contributed by atoms with Crippen LogP contribution in [-0.2, 0) is 13.9 Å². The second kappa shape index (κ2) is 8.23. The molecule has 0 bridgehead atoms. The van der Waals surface area contributed by atoms with Crippen molar-refractivity contribution in [1.29, 1.82) is 0 Å². The van der Waals surface area contributed by atoms with Crippen LogP contribution in [0.2, 0.25) is 18.1 Å². The molecular weight excluding hydrogens is 334 g/mol. The normalized spacial score (nSPS) is 19.6. The second-order valence-electron chi connectivity index (χ2n) is 9.32. The molecule has 146 valence electrons. The van der Waals surface area contributed by atoms with Gasteiger partial charge in [0.2, 0.25) is 0 Å². The van der Waals surface area contributed by atoms with Crippen LogP contribution in [0.25, 0.3) is 0 Å². The van der Waals surface area contributed by atoms with Gasteiger partial charge in [0, 0.05) is 13.7 Å². The van der Waals surface area contributed by atoms with Crippen LogP contribution < -0.4 is 0 Å². The first-order valence-corrected chi connectivity index (χ1v) is 12.0.